The summed E-state index contributed by atoms with van der Waals surface area (Å²) in [7, 11) is 0. The number of rotatable bonds is 6. The Balaban J connectivity index is 1.69. The molecule has 4 nitrogen and oxygen atoms in total. The number of halogens is 1. The molecule has 164 valence electrons. The molecular formula is C28H24FN3O. The molecule has 0 amide bonds. The van der Waals surface area contributed by atoms with E-state index in [2.05, 4.69) is 47.0 Å². The summed E-state index contributed by atoms with van der Waals surface area (Å²) in [6.07, 6.45) is 0. The summed E-state index contributed by atoms with van der Waals surface area (Å²) in [5.41, 5.74) is 8.32. The molecule has 1 heterocycles. The van der Waals surface area contributed by atoms with Gasteiger partial charge < -0.3 is 9.40 Å². The summed E-state index contributed by atoms with van der Waals surface area (Å²) in [5, 5.41) is 13.3. The molecular weight excluding hydrogens is 413 g/mol. The van der Waals surface area contributed by atoms with Gasteiger partial charge in [-0.25, -0.2) is 4.39 Å². The number of aromatic nitrogens is 1. The van der Waals surface area contributed by atoms with E-state index >= 15 is 0 Å². The first-order valence-corrected chi connectivity index (χ1v) is 10.7. The van der Waals surface area contributed by atoms with E-state index in [9.17, 15) is 4.39 Å². The molecule has 0 spiro atoms. The summed E-state index contributed by atoms with van der Waals surface area (Å²) in [4.78, 5) is 5.61. The van der Waals surface area contributed by atoms with Gasteiger partial charge in [-0.05, 0) is 92.1 Å². The Labute approximate surface area is 193 Å². The second kappa shape index (κ2) is 9.54. The summed E-state index contributed by atoms with van der Waals surface area (Å²) in [6, 6.07) is 26.2. The van der Waals surface area contributed by atoms with E-state index < -0.39 is 0 Å². The van der Waals surface area contributed by atoms with Crippen molar-refractivity contribution in [1.82, 2.24) is 4.57 Å². The standard InChI is InChI=1S/C28H24FN3O/c1-19-5-4-6-26(15-19)32-21(3)27(16-28(32)24-11-13-25(29)14-12-24)20(2)31-33-18-23-9-7-22(17-30)8-10-23/h4-16H,18H2,1-3H3/b31-20+. The summed E-state index contributed by atoms with van der Waals surface area (Å²) in [5.74, 6) is -0.265. The molecule has 0 radical (unpaired) electrons. The molecule has 0 aliphatic carbocycles. The van der Waals surface area contributed by atoms with Crippen molar-refractivity contribution in [1.29, 1.82) is 5.26 Å². The van der Waals surface area contributed by atoms with Gasteiger partial charge in [-0.15, -0.1) is 0 Å². The average Bonchev–Trinajstić information content (AvgIpc) is 3.17. The monoisotopic (exact) mass is 437 g/mol. The van der Waals surface area contributed by atoms with Crippen LogP contribution in [0.1, 0.15) is 34.9 Å². The second-order valence-electron chi connectivity index (χ2n) is 7.97. The van der Waals surface area contributed by atoms with Gasteiger partial charge in [-0.3, -0.25) is 0 Å². The lowest BCUT2D eigenvalue weighted by molar-refractivity contribution is 0.130. The molecule has 0 fully saturated rings. The fourth-order valence-corrected chi connectivity index (χ4v) is 3.83. The number of nitriles is 1. The van der Waals surface area contributed by atoms with Crippen LogP contribution < -0.4 is 0 Å². The van der Waals surface area contributed by atoms with Crippen molar-refractivity contribution in [2.24, 2.45) is 5.16 Å². The normalized spacial score (nSPS) is 11.3. The SMILES string of the molecule is C/C(=N\OCc1ccc(C#N)cc1)c1cc(-c2ccc(F)cc2)n(-c2cccc(C)c2)c1C. The first-order chi connectivity index (χ1) is 16.0. The minimum Gasteiger partial charge on any atom is -0.391 e. The largest absolute Gasteiger partial charge is 0.391 e. The number of nitrogens with zero attached hydrogens (tertiary/aromatic N) is 3. The fourth-order valence-electron chi connectivity index (χ4n) is 3.83. The van der Waals surface area contributed by atoms with E-state index in [1.165, 1.54) is 12.1 Å². The number of hydrogen-bond acceptors (Lipinski definition) is 3. The Morgan fingerprint density at radius 3 is 2.39 bits per heavy atom. The number of hydrogen-bond donors (Lipinski definition) is 0. The maximum atomic E-state index is 13.6. The van der Waals surface area contributed by atoms with Crippen molar-refractivity contribution in [3.63, 3.8) is 0 Å². The van der Waals surface area contributed by atoms with Crippen molar-refractivity contribution in [3.05, 3.63) is 113 Å². The first-order valence-electron chi connectivity index (χ1n) is 10.7. The molecule has 4 rings (SSSR count). The van der Waals surface area contributed by atoms with Crippen LogP contribution in [0.25, 0.3) is 16.9 Å². The number of oxime groups is 1. The quantitative estimate of drug-likeness (QED) is 0.249. The Morgan fingerprint density at radius 2 is 1.73 bits per heavy atom. The van der Waals surface area contributed by atoms with Crippen LogP contribution in [0.5, 0.6) is 0 Å². The summed E-state index contributed by atoms with van der Waals surface area (Å²) in [6.45, 7) is 6.33. The fraction of sp³-hybridized carbons (Fsp3) is 0.143. The minimum absolute atomic E-state index is 0.265. The number of aryl methyl sites for hydroxylation is 1. The van der Waals surface area contributed by atoms with E-state index in [4.69, 9.17) is 10.1 Å². The molecule has 1 aromatic heterocycles. The van der Waals surface area contributed by atoms with Gasteiger partial charge in [0.05, 0.1) is 23.0 Å². The van der Waals surface area contributed by atoms with E-state index in [-0.39, 0.29) is 5.82 Å². The Morgan fingerprint density at radius 1 is 1.00 bits per heavy atom. The molecule has 0 aliphatic heterocycles. The van der Waals surface area contributed by atoms with Gasteiger partial charge in [-0.1, -0.05) is 29.4 Å². The Kier molecular flexibility index (Phi) is 6.37. The molecule has 0 saturated carbocycles. The van der Waals surface area contributed by atoms with Gasteiger partial charge in [0.1, 0.15) is 12.4 Å². The smallest absolute Gasteiger partial charge is 0.142 e. The molecule has 33 heavy (non-hydrogen) atoms. The van der Waals surface area contributed by atoms with Gasteiger partial charge in [0, 0.05) is 16.9 Å². The maximum absolute atomic E-state index is 13.6. The highest BCUT2D eigenvalue weighted by molar-refractivity contribution is 6.01. The first kappa shape index (κ1) is 22.0. The van der Waals surface area contributed by atoms with Crippen molar-refractivity contribution in [2.75, 3.05) is 0 Å². The predicted octanol–water partition coefficient (Wildman–Crippen LogP) is 6.71. The van der Waals surface area contributed by atoms with E-state index in [1.807, 2.05) is 32.0 Å². The zero-order chi connectivity index (χ0) is 23.4. The van der Waals surface area contributed by atoms with Gasteiger partial charge in [0.2, 0.25) is 0 Å². The third-order valence-electron chi connectivity index (χ3n) is 5.55. The molecule has 0 unspecified atom stereocenters. The molecule has 4 aromatic rings. The van der Waals surface area contributed by atoms with Crippen LogP contribution in [0.2, 0.25) is 0 Å². The molecule has 0 saturated heterocycles. The van der Waals surface area contributed by atoms with Crippen molar-refractivity contribution >= 4 is 5.71 Å². The lowest BCUT2D eigenvalue weighted by Crippen LogP contribution is -2.03. The molecule has 0 N–H and O–H groups in total. The van der Waals surface area contributed by atoms with Gasteiger partial charge in [0.25, 0.3) is 0 Å². The molecule has 3 aromatic carbocycles. The van der Waals surface area contributed by atoms with Gasteiger partial charge in [-0.2, -0.15) is 5.26 Å². The zero-order valence-electron chi connectivity index (χ0n) is 18.8. The van der Waals surface area contributed by atoms with Crippen LogP contribution in [0.4, 0.5) is 4.39 Å². The Hall–Kier alpha value is -4.17. The molecule has 0 bridgehead atoms. The van der Waals surface area contributed by atoms with Crippen LogP contribution >= 0.6 is 0 Å². The third-order valence-corrected chi connectivity index (χ3v) is 5.55. The van der Waals surface area contributed by atoms with Gasteiger partial charge in [0.15, 0.2) is 0 Å². The second-order valence-corrected chi connectivity index (χ2v) is 7.97. The molecule has 0 atom stereocenters. The number of benzene rings is 3. The molecule has 5 heteroatoms. The van der Waals surface area contributed by atoms with Crippen molar-refractivity contribution < 1.29 is 9.23 Å². The Bertz CT molecular complexity index is 1340. The van der Waals surface area contributed by atoms with E-state index in [0.717, 1.165) is 45.0 Å². The zero-order valence-corrected chi connectivity index (χ0v) is 18.8. The van der Waals surface area contributed by atoms with Crippen LogP contribution in [0, 0.1) is 31.0 Å². The predicted molar refractivity (Wildman–Crippen MR) is 129 cm³/mol. The minimum atomic E-state index is -0.265. The highest BCUT2D eigenvalue weighted by Crippen LogP contribution is 2.30. The summed E-state index contributed by atoms with van der Waals surface area (Å²) >= 11 is 0. The highest BCUT2D eigenvalue weighted by Gasteiger charge is 2.17. The average molecular weight is 438 g/mol. The van der Waals surface area contributed by atoms with E-state index in [1.54, 1.807) is 24.3 Å². The third kappa shape index (κ3) is 4.86. The van der Waals surface area contributed by atoms with Crippen LogP contribution in [0.15, 0.2) is 84.0 Å². The van der Waals surface area contributed by atoms with Crippen LogP contribution in [-0.2, 0) is 11.4 Å². The summed E-state index contributed by atoms with van der Waals surface area (Å²) < 4.78 is 15.7. The highest BCUT2D eigenvalue weighted by atomic mass is 19.1. The molecule has 0 aliphatic rings. The topological polar surface area (TPSA) is 50.3 Å². The van der Waals surface area contributed by atoms with Crippen molar-refractivity contribution in [2.45, 2.75) is 27.4 Å². The lowest BCUT2D eigenvalue weighted by Gasteiger charge is -2.13. The van der Waals surface area contributed by atoms with E-state index in [0.29, 0.717) is 12.2 Å². The van der Waals surface area contributed by atoms with Gasteiger partial charge >= 0.3 is 0 Å². The van der Waals surface area contributed by atoms with Crippen molar-refractivity contribution in [3.8, 4) is 23.0 Å². The van der Waals surface area contributed by atoms with Crippen LogP contribution in [-0.4, -0.2) is 10.3 Å². The maximum Gasteiger partial charge on any atom is 0.142 e. The lowest BCUT2D eigenvalue weighted by atomic mass is 10.1. The van der Waals surface area contributed by atoms with Crippen LogP contribution in [0.3, 0.4) is 0 Å².